The maximum Gasteiger partial charge on any atom is 0.319 e. The van der Waals surface area contributed by atoms with Gasteiger partial charge in [-0.1, -0.05) is 29.8 Å². The molecule has 0 unspecified atom stereocenters. The minimum atomic E-state index is -3.57. The quantitative estimate of drug-likeness (QED) is 0.852. The Morgan fingerprint density at radius 2 is 1.71 bits per heavy atom. The Kier molecular flexibility index (Phi) is 5.82. The average Bonchev–Trinajstić information content (AvgIpc) is 2.55. The van der Waals surface area contributed by atoms with Crippen molar-refractivity contribution in [2.75, 3.05) is 19.4 Å². The lowest BCUT2D eigenvalue weighted by atomic mass is 10.2. The zero-order valence-corrected chi connectivity index (χ0v) is 14.9. The van der Waals surface area contributed by atoms with Crippen LogP contribution in [-0.4, -0.2) is 32.8 Å². The van der Waals surface area contributed by atoms with Crippen LogP contribution in [0.1, 0.15) is 5.56 Å². The number of anilines is 1. The number of nitrogens with one attached hydrogen (secondary N) is 2. The SMILES string of the molecule is CN(C)S(=O)(=O)c1ccccc1CNC(=O)Nc1ccc(Cl)cc1. The maximum absolute atomic E-state index is 12.3. The summed E-state index contributed by atoms with van der Waals surface area (Å²) in [6.07, 6.45) is 0. The third-order valence-electron chi connectivity index (χ3n) is 3.27. The van der Waals surface area contributed by atoms with Gasteiger partial charge in [-0.15, -0.1) is 0 Å². The minimum Gasteiger partial charge on any atom is -0.334 e. The highest BCUT2D eigenvalue weighted by atomic mass is 35.5. The lowest BCUT2D eigenvalue weighted by molar-refractivity contribution is 0.251. The van der Waals surface area contributed by atoms with Crippen LogP contribution < -0.4 is 10.6 Å². The van der Waals surface area contributed by atoms with Crippen LogP contribution in [0.25, 0.3) is 0 Å². The molecule has 0 heterocycles. The van der Waals surface area contributed by atoms with Crippen LogP contribution in [0.15, 0.2) is 53.4 Å². The molecule has 128 valence electrons. The van der Waals surface area contributed by atoms with Crippen LogP contribution in [0.4, 0.5) is 10.5 Å². The van der Waals surface area contributed by atoms with E-state index in [2.05, 4.69) is 10.6 Å². The third-order valence-corrected chi connectivity index (χ3v) is 5.44. The molecule has 0 radical (unpaired) electrons. The van der Waals surface area contributed by atoms with Crippen LogP contribution in [-0.2, 0) is 16.6 Å². The van der Waals surface area contributed by atoms with Gasteiger partial charge in [0.05, 0.1) is 4.90 Å². The first-order chi connectivity index (χ1) is 11.3. The summed E-state index contributed by atoms with van der Waals surface area (Å²) in [7, 11) is -0.642. The molecule has 2 aromatic carbocycles. The van der Waals surface area contributed by atoms with E-state index in [1.807, 2.05) is 0 Å². The van der Waals surface area contributed by atoms with Gasteiger partial charge in [-0.25, -0.2) is 17.5 Å². The second kappa shape index (κ2) is 7.65. The van der Waals surface area contributed by atoms with Gasteiger partial charge in [0.2, 0.25) is 10.0 Å². The van der Waals surface area contributed by atoms with Crippen molar-refractivity contribution in [3.8, 4) is 0 Å². The standard InChI is InChI=1S/C16H18ClN3O3S/c1-20(2)24(22,23)15-6-4-3-5-12(15)11-18-16(21)19-14-9-7-13(17)8-10-14/h3-10H,11H2,1-2H3,(H2,18,19,21). The van der Waals surface area contributed by atoms with Gasteiger partial charge in [-0.05, 0) is 35.9 Å². The van der Waals surface area contributed by atoms with Crippen LogP contribution in [0.3, 0.4) is 0 Å². The van der Waals surface area contributed by atoms with Crippen LogP contribution in [0, 0.1) is 0 Å². The molecule has 2 amide bonds. The Morgan fingerprint density at radius 1 is 1.08 bits per heavy atom. The highest BCUT2D eigenvalue weighted by Gasteiger charge is 2.20. The molecule has 0 atom stereocenters. The zero-order chi connectivity index (χ0) is 17.7. The van der Waals surface area contributed by atoms with Gasteiger partial charge in [0.1, 0.15) is 0 Å². The highest BCUT2D eigenvalue weighted by molar-refractivity contribution is 7.89. The summed E-state index contributed by atoms with van der Waals surface area (Å²) >= 11 is 5.79. The normalized spacial score (nSPS) is 11.3. The number of nitrogens with zero attached hydrogens (tertiary/aromatic N) is 1. The molecular formula is C16H18ClN3O3S. The Balaban J connectivity index is 2.07. The molecule has 0 aliphatic carbocycles. The van der Waals surface area contributed by atoms with Gasteiger partial charge in [0, 0.05) is 31.4 Å². The smallest absolute Gasteiger partial charge is 0.319 e. The number of carbonyl (C=O) groups is 1. The van der Waals surface area contributed by atoms with Gasteiger partial charge >= 0.3 is 6.03 Å². The highest BCUT2D eigenvalue weighted by Crippen LogP contribution is 2.18. The molecule has 0 aliphatic heterocycles. The second-order valence-corrected chi connectivity index (χ2v) is 7.77. The number of benzene rings is 2. The lowest BCUT2D eigenvalue weighted by Gasteiger charge is -2.15. The monoisotopic (exact) mass is 367 g/mol. The molecule has 2 rings (SSSR count). The van der Waals surface area contributed by atoms with Gasteiger partial charge in [0.15, 0.2) is 0 Å². The first-order valence-corrected chi connectivity index (χ1v) is 8.93. The summed E-state index contributed by atoms with van der Waals surface area (Å²) in [6, 6.07) is 12.8. The molecule has 0 saturated heterocycles. The Bertz CT molecular complexity index is 821. The van der Waals surface area contributed by atoms with E-state index in [1.54, 1.807) is 42.5 Å². The van der Waals surface area contributed by atoms with Gasteiger partial charge in [0.25, 0.3) is 0 Å². The van der Waals surface area contributed by atoms with Gasteiger partial charge < -0.3 is 10.6 Å². The molecule has 0 bridgehead atoms. The van der Waals surface area contributed by atoms with Crippen molar-refractivity contribution >= 4 is 33.3 Å². The molecule has 8 heteroatoms. The first-order valence-electron chi connectivity index (χ1n) is 7.11. The van der Waals surface area contributed by atoms with E-state index in [4.69, 9.17) is 11.6 Å². The molecule has 2 aromatic rings. The maximum atomic E-state index is 12.3. The summed E-state index contributed by atoms with van der Waals surface area (Å²) in [5.41, 5.74) is 1.10. The van der Waals surface area contributed by atoms with Crippen LogP contribution >= 0.6 is 11.6 Å². The number of halogens is 1. The number of sulfonamides is 1. The predicted molar refractivity (Wildman–Crippen MR) is 94.6 cm³/mol. The number of amides is 2. The van der Waals surface area contributed by atoms with Crippen molar-refractivity contribution in [2.45, 2.75) is 11.4 Å². The Hall–Kier alpha value is -2.09. The molecule has 6 nitrogen and oxygen atoms in total. The molecule has 0 fully saturated rings. The van der Waals surface area contributed by atoms with Gasteiger partial charge in [-0.2, -0.15) is 0 Å². The van der Waals surface area contributed by atoms with E-state index in [0.717, 1.165) is 4.31 Å². The van der Waals surface area contributed by atoms with Crippen LogP contribution in [0.5, 0.6) is 0 Å². The molecule has 2 N–H and O–H groups in total. The number of hydrogen-bond donors (Lipinski definition) is 2. The predicted octanol–water partition coefficient (Wildman–Crippen LogP) is 2.91. The summed E-state index contributed by atoms with van der Waals surface area (Å²) < 4.78 is 25.7. The fourth-order valence-corrected chi connectivity index (χ4v) is 3.22. The van der Waals surface area contributed by atoms with E-state index >= 15 is 0 Å². The molecule has 24 heavy (non-hydrogen) atoms. The largest absolute Gasteiger partial charge is 0.334 e. The summed E-state index contributed by atoms with van der Waals surface area (Å²) in [6.45, 7) is 0.0860. The Labute approximate surface area is 146 Å². The average molecular weight is 368 g/mol. The topological polar surface area (TPSA) is 78.5 Å². The van der Waals surface area contributed by atoms with Crippen molar-refractivity contribution in [1.29, 1.82) is 0 Å². The molecule has 0 aromatic heterocycles. The molecular weight excluding hydrogens is 350 g/mol. The molecule has 0 saturated carbocycles. The Morgan fingerprint density at radius 3 is 2.33 bits per heavy atom. The summed E-state index contributed by atoms with van der Waals surface area (Å²) in [5.74, 6) is 0. The fraction of sp³-hybridized carbons (Fsp3) is 0.188. The number of urea groups is 1. The van der Waals surface area contributed by atoms with E-state index in [1.165, 1.54) is 20.2 Å². The van der Waals surface area contributed by atoms with E-state index in [0.29, 0.717) is 16.3 Å². The van der Waals surface area contributed by atoms with Crippen molar-refractivity contribution in [2.24, 2.45) is 0 Å². The number of rotatable bonds is 5. The number of hydrogen-bond acceptors (Lipinski definition) is 3. The van der Waals surface area contributed by atoms with Crippen LogP contribution in [0.2, 0.25) is 5.02 Å². The minimum absolute atomic E-state index is 0.0860. The third kappa shape index (κ3) is 4.47. The van der Waals surface area contributed by atoms with E-state index in [-0.39, 0.29) is 11.4 Å². The first kappa shape index (κ1) is 18.3. The second-order valence-electron chi connectivity index (χ2n) is 5.21. The van der Waals surface area contributed by atoms with Crippen molar-refractivity contribution in [1.82, 2.24) is 9.62 Å². The van der Waals surface area contributed by atoms with E-state index < -0.39 is 16.1 Å². The molecule has 0 spiro atoms. The lowest BCUT2D eigenvalue weighted by Crippen LogP contribution is -2.30. The zero-order valence-electron chi connectivity index (χ0n) is 13.3. The fourth-order valence-electron chi connectivity index (χ4n) is 1.98. The van der Waals surface area contributed by atoms with Crippen molar-refractivity contribution < 1.29 is 13.2 Å². The molecule has 0 aliphatic rings. The number of carbonyl (C=O) groups excluding carboxylic acids is 1. The van der Waals surface area contributed by atoms with Gasteiger partial charge in [-0.3, -0.25) is 0 Å². The van der Waals surface area contributed by atoms with Crippen molar-refractivity contribution in [3.63, 3.8) is 0 Å². The van der Waals surface area contributed by atoms with E-state index in [9.17, 15) is 13.2 Å². The summed E-state index contributed by atoms with van der Waals surface area (Å²) in [4.78, 5) is 12.1. The summed E-state index contributed by atoms with van der Waals surface area (Å²) in [5, 5.41) is 5.87. The van der Waals surface area contributed by atoms with Crippen molar-refractivity contribution in [3.05, 3.63) is 59.1 Å².